The van der Waals surface area contributed by atoms with Gasteiger partial charge in [-0.1, -0.05) is 36.4 Å². The maximum absolute atomic E-state index is 5.79. The zero-order valence-corrected chi connectivity index (χ0v) is 13.9. The predicted octanol–water partition coefficient (Wildman–Crippen LogP) is 4.40. The van der Waals surface area contributed by atoms with Gasteiger partial charge in [-0.3, -0.25) is 0 Å². The summed E-state index contributed by atoms with van der Waals surface area (Å²) in [5.41, 5.74) is 2.07. The Kier molecular flexibility index (Phi) is 5.61. The van der Waals surface area contributed by atoms with Crippen LogP contribution in [-0.4, -0.2) is 16.5 Å². The number of nitrogens with zero attached hydrogens (tertiary/aromatic N) is 2. The number of aromatic nitrogens is 2. The van der Waals surface area contributed by atoms with Crippen molar-refractivity contribution < 1.29 is 4.74 Å². The van der Waals surface area contributed by atoms with Crippen LogP contribution in [-0.2, 0) is 6.61 Å². The molecule has 5 nitrogen and oxygen atoms in total. The molecule has 2 aromatic carbocycles. The molecule has 0 bridgehead atoms. The average Bonchev–Trinajstić information content (AvgIpc) is 2.67. The van der Waals surface area contributed by atoms with Crippen molar-refractivity contribution in [2.24, 2.45) is 0 Å². The van der Waals surface area contributed by atoms with E-state index >= 15 is 0 Å². The molecule has 2 N–H and O–H groups in total. The SMILES string of the molecule is C=CCNc1cc(Nc2ccc(OCc3ccccc3)cc2)ncn1. The summed E-state index contributed by atoms with van der Waals surface area (Å²) in [6.45, 7) is 4.89. The number of benzene rings is 2. The van der Waals surface area contributed by atoms with Gasteiger partial charge in [-0.05, 0) is 29.8 Å². The smallest absolute Gasteiger partial charge is 0.135 e. The Labute approximate surface area is 147 Å². The lowest BCUT2D eigenvalue weighted by Gasteiger charge is -2.09. The second kappa shape index (κ2) is 8.49. The maximum atomic E-state index is 5.79. The van der Waals surface area contributed by atoms with Crippen LogP contribution in [0.2, 0.25) is 0 Å². The molecule has 5 heteroatoms. The van der Waals surface area contributed by atoms with Gasteiger partial charge in [0.05, 0.1) is 0 Å². The highest BCUT2D eigenvalue weighted by molar-refractivity contribution is 5.59. The highest BCUT2D eigenvalue weighted by atomic mass is 16.5. The van der Waals surface area contributed by atoms with Gasteiger partial charge in [-0.2, -0.15) is 0 Å². The molecule has 0 amide bonds. The molecule has 1 aromatic heterocycles. The minimum absolute atomic E-state index is 0.553. The van der Waals surface area contributed by atoms with E-state index in [1.807, 2.05) is 60.7 Å². The van der Waals surface area contributed by atoms with E-state index in [0.717, 1.165) is 28.6 Å². The predicted molar refractivity (Wildman–Crippen MR) is 101 cm³/mol. The molecule has 126 valence electrons. The first-order valence-electron chi connectivity index (χ1n) is 8.04. The zero-order valence-electron chi connectivity index (χ0n) is 13.9. The summed E-state index contributed by atoms with van der Waals surface area (Å²) in [6, 6.07) is 19.7. The summed E-state index contributed by atoms with van der Waals surface area (Å²) in [5.74, 6) is 2.30. The number of rotatable bonds is 8. The molecule has 0 aliphatic rings. The molecule has 0 spiro atoms. The van der Waals surface area contributed by atoms with Crippen LogP contribution in [0, 0.1) is 0 Å². The van der Waals surface area contributed by atoms with Gasteiger partial charge in [-0.25, -0.2) is 9.97 Å². The number of ether oxygens (including phenoxy) is 1. The van der Waals surface area contributed by atoms with Crippen LogP contribution in [0.5, 0.6) is 5.75 Å². The second-order valence-corrected chi connectivity index (χ2v) is 5.38. The summed E-state index contributed by atoms with van der Waals surface area (Å²) in [5, 5.41) is 6.38. The average molecular weight is 332 g/mol. The zero-order chi connectivity index (χ0) is 17.3. The minimum Gasteiger partial charge on any atom is -0.489 e. The molecule has 3 rings (SSSR count). The van der Waals surface area contributed by atoms with Crippen LogP contribution < -0.4 is 15.4 Å². The fraction of sp³-hybridized carbons (Fsp3) is 0.100. The molecular weight excluding hydrogens is 312 g/mol. The van der Waals surface area contributed by atoms with Crippen LogP contribution in [0.4, 0.5) is 17.3 Å². The fourth-order valence-electron chi connectivity index (χ4n) is 2.22. The van der Waals surface area contributed by atoms with E-state index in [9.17, 15) is 0 Å². The highest BCUT2D eigenvalue weighted by Gasteiger charge is 2.00. The maximum Gasteiger partial charge on any atom is 0.135 e. The van der Waals surface area contributed by atoms with E-state index in [1.54, 1.807) is 6.08 Å². The quantitative estimate of drug-likeness (QED) is 0.599. The van der Waals surface area contributed by atoms with E-state index in [-0.39, 0.29) is 0 Å². The van der Waals surface area contributed by atoms with Crippen LogP contribution in [0.15, 0.2) is 79.6 Å². The number of hydrogen-bond acceptors (Lipinski definition) is 5. The van der Waals surface area contributed by atoms with E-state index in [2.05, 4.69) is 27.2 Å². The van der Waals surface area contributed by atoms with E-state index in [4.69, 9.17) is 4.74 Å². The largest absolute Gasteiger partial charge is 0.489 e. The summed E-state index contributed by atoms with van der Waals surface area (Å²) >= 11 is 0. The number of nitrogens with one attached hydrogen (secondary N) is 2. The van der Waals surface area contributed by atoms with Gasteiger partial charge in [0.2, 0.25) is 0 Å². The first-order chi connectivity index (χ1) is 12.3. The van der Waals surface area contributed by atoms with Crippen LogP contribution >= 0.6 is 0 Å². The normalized spacial score (nSPS) is 10.1. The summed E-state index contributed by atoms with van der Waals surface area (Å²) in [4.78, 5) is 8.38. The molecular formula is C20H20N4O. The first kappa shape index (κ1) is 16.5. The fourth-order valence-corrected chi connectivity index (χ4v) is 2.22. The summed E-state index contributed by atoms with van der Waals surface area (Å²) in [7, 11) is 0. The molecule has 0 saturated heterocycles. The molecule has 3 aromatic rings. The highest BCUT2D eigenvalue weighted by Crippen LogP contribution is 2.20. The monoisotopic (exact) mass is 332 g/mol. The van der Waals surface area contributed by atoms with Crippen LogP contribution in [0.3, 0.4) is 0 Å². The first-order valence-corrected chi connectivity index (χ1v) is 8.04. The van der Waals surface area contributed by atoms with Crippen LogP contribution in [0.25, 0.3) is 0 Å². The summed E-state index contributed by atoms with van der Waals surface area (Å²) in [6.07, 6.45) is 3.30. The van der Waals surface area contributed by atoms with Crippen molar-refractivity contribution in [1.29, 1.82) is 0 Å². The lowest BCUT2D eigenvalue weighted by molar-refractivity contribution is 0.306. The van der Waals surface area contributed by atoms with Gasteiger partial charge < -0.3 is 15.4 Å². The molecule has 0 fully saturated rings. The van der Waals surface area contributed by atoms with Crippen molar-refractivity contribution in [2.45, 2.75) is 6.61 Å². The molecule has 25 heavy (non-hydrogen) atoms. The minimum atomic E-state index is 0.553. The van der Waals surface area contributed by atoms with E-state index in [0.29, 0.717) is 13.2 Å². The van der Waals surface area contributed by atoms with Gasteiger partial charge in [0, 0.05) is 18.3 Å². The van der Waals surface area contributed by atoms with Crippen molar-refractivity contribution in [2.75, 3.05) is 17.2 Å². The molecule has 0 atom stereocenters. The van der Waals surface area contributed by atoms with Crippen molar-refractivity contribution in [3.8, 4) is 5.75 Å². The van der Waals surface area contributed by atoms with E-state index < -0.39 is 0 Å². The van der Waals surface area contributed by atoms with Crippen molar-refractivity contribution in [3.63, 3.8) is 0 Å². The molecule has 0 unspecified atom stereocenters. The molecule has 0 aliphatic heterocycles. The lowest BCUT2D eigenvalue weighted by Crippen LogP contribution is -2.02. The third kappa shape index (κ3) is 5.07. The van der Waals surface area contributed by atoms with Crippen molar-refractivity contribution in [3.05, 3.63) is 85.2 Å². The van der Waals surface area contributed by atoms with Gasteiger partial charge in [0.15, 0.2) is 0 Å². The Bertz CT molecular complexity index is 803. The van der Waals surface area contributed by atoms with Crippen molar-refractivity contribution >= 4 is 17.3 Å². The van der Waals surface area contributed by atoms with Crippen LogP contribution in [0.1, 0.15) is 5.56 Å². The Hall–Kier alpha value is -3.34. The second-order valence-electron chi connectivity index (χ2n) is 5.38. The Morgan fingerprint density at radius 3 is 2.48 bits per heavy atom. The number of hydrogen-bond donors (Lipinski definition) is 2. The Morgan fingerprint density at radius 2 is 1.72 bits per heavy atom. The number of anilines is 3. The van der Waals surface area contributed by atoms with Gasteiger partial charge in [-0.15, -0.1) is 6.58 Å². The summed E-state index contributed by atoms with van der Waals surface area (Å²) < 4.78 is 5.79. The lowest BCUT2D eigenvalue weighted by atomic mass is 10.2. The topological polar surface area (TPSA) is 59.1 Å². The Balaban J connectivity index is 1.58. The molecule has 0 aliphatic carbocycles. The van der Waals surface area contributed by atoms with Crippen molar-refractivity contribution in [1.82, 2.24) is 9.97 Å². The third-order valence-corrected chi connectivity index (χ3v) is 3.47. The molecule has 1 heterocycles. The third-order valence-electron chi connectivity index (χ3n) is 3.47. The standard InChI is InChI=1S/C20H20N4O/c1-2-12-21-19-13-20(23-15-22-19)24-17-8-10-18(11-9-17)25-14-16-6-4-3-5-7-16/h2-11,13,15H,1,12,14H2,(H2,21,22,23,24). The van der Waals surface area contributed by atoms with Gasteiger partial charge in [0.1, 0.15) is 30.3 Å². The molecule has 0 radical (unpaired) electrons. The molecule has 0 saturated carbocycles. The van der Waals surface area contributed by atoms with Gasteiger partial charge in [0.25, 0.3) is 0 Å². The Morgan fingerprint density at radius 1 is 0.960 bits per heavy atom. The van der Waals surface area contributed by atoms with E-state index in [1.165, 1.54) is 6.33 Å². The van der Waals surface area contributed by atoms with Gasteiger partial charge >= 0.3 is 0 Å².